The molecule has 0 radical (unpaired) electrons. The summed E-state index contributed by atoms with van der Waals surface area (Å²) in [4.78, 5) is 0. The van der Waals surface area contributed by atoms with Gasteiger partial charge in [-0.15, -0.1) is 11.8 Å². The molecule has 1 rings (SSSR count). The Morgan fingerprint density at radius 3 is 2.82 bits per heavy atom. The predicted octanol–water partition coefficient (Wildman–Crippen LogP) is 2.67. The minimum absolute atomic E-state index is 0.295. The van der Waals surface area contributed by atoms with E-state index in [0.717, 1.165) is 31.6 Å². The van der Waals surface area contributed by atoms with Crippen molar-refractivity contribution in [3.63, 3.8) is 0 Å². The second-order valence-corrected chi connectivity index (χ2v) is 4.16. The lowest BCUT2D eigenvalue weighted by Crippen LogP contribution is -2.24. The quantitative estimate of drug-likeness (QED) is 0.766. The van der Waals surface area contributed by atoms with E-state index in [1.54, 1.807) is 0 Å². The highest BCUT2D eigenvalue weighted by Crippen LogP contribution is 2.17. The highest BCUT2D eigenvalue weighted by Gasteiger charge is 2.15. The molecule has 0 bridgehead atoms. The Hall–Kier alpha value is -1.27. The average molecular weight is 233 g/mol. The zero-order chi connectivity index (χ0) is 12.7. The van der Waals surface area contributed by atoms with Crippen molar-refractivity contribution in [2.45, 2.75) is 53.1 Å². The van der Waals surface area contributed by atoms with E-state index in [1.807, 2.05) is 13.8 Å². The van der Waals surface area contributed by atoms with E-state index in [-0.39, 0.29) is 0 Å². The van der Waals surface area contributed by atoms with E-state index in [0.29, 0.717) is 6.04 Å². The maximum absolute atomic E-state index is 4.49. The van der Waals surface area contributed by atoms with Gasteiger partial charge in [-0.1, -0.05) is 6.92 Å². The first kappa shape index (κ1) is 13.8. The number of rotatable bonds is 6. The van der Waals surface area contributed by atoms with Crippen molar-refractivity contribution in [2.24, 2.45) is 0 Å². The summed E-state index contributed by atoms with van der Waals surface area (Å²) in [6, 6.07) is 2.46. The van der Waals surface area contributed by atoms with Gasteiger partial charge in [-0.25, -0.2) is 0 Å². The van der Waals surface area contributed by atoms with Gasteiger partial charge in [0.1, 0.15) is 0 Å². The van der Waals surface area contributed by atoms with Gasteiger partial charge in [-0.05, 0) is 39.8 Å². The van der Waals surface area contributed by atoms with E-state index in [2.05, 4.69) is 46.9 Å². The van der Waals surface area contributed by atoms with Gasteiger partial charge in [0.15, 0.2) is 0 Å². The molecule has 0 fully saturated rings. The first-order chi connectivity index (χ1) is 8.22. The Kier molecular flexibility index (Phi) is 5.79. The monoisotopic (exact) mass is 233 g/mol. The van der Waals surface area contributed by atoms with Crippen LogP contribution in [0.2, 0.25) is 0 Å². The van der Waals surface area contributed by atoms with Crippen molar-refractivity contribution in [3.8, 4) is 11.8 Å². The molecule has 1 unspecified atom stereocenters. The molecule has 0 aliphatic rings. The summed E-state index contributed by atoms with van der Waals surface area (Å²) in [5, 5.41) is 8.04. The van der Waals surface area contributed by atoms with Gasteiger partial charge in [-0.3, -0.25) is 4.68 Å². The summed E-state index contributed by atoms with van der Waals surface area (Å²) in [5.74, 6) is 6.13. The van der Waals surface area contributed by atoms with E-state index < -0.39 is 0 Å². The van der Waals surface area contributed by atoms with Crippen molar-refractivity contribution in [1.82, 2.24) is 15.1 Å². The highest BCUT2D eigenvalue weighted by molar-refractivity contribution is 5.16. The van der Waals surface area contributed by atoms with Gasteiger partial charge >= 0.3 is 0 Å². The summed E-state index contributed by atoms with van der Waals surface area (Å²) in [6.07, 6.45) is 1.98. The van der Waals surface area contributed by atoms with Crippen molar-refractivity contribution >= 4 is 0 Å². The van der Waals surface area contributed by atoms with Crippen LogP contribution in [0.15, 0.2) is 6.07 Å². The van der Waals surface area contributed by atoms with Crippen molar-refractivity contribution in [3.05, 3.63) is 17.5 Å². The van der Waals surface area contributed by atoms with Crippen LogP contribution in [-0.4, -0.2) is 16.3 Å². The van der Waals surface area contributed by atoms with Gasteiger partial charge in [0.25, 0.3) is 0 Å². The normalized spacial score (nSPS) is 12.0. The Bertz CT molecular complexity index is 395. The molecule has 1 atom stereocenters. The van der Waals surface area contributed by atoms with Crippen LogP contribution < -0.4 is 5.32 Å². The van der Waals surface area contributed by atoms with E-state index in [9.17, 15) is 0 Å². The molecule has 3 nitrogen and oxygen atoms in total. The largest absolute Gasteiger partial charge is 0.308 e. The maximum atomic E-state index is 4.49. The molecular weight excluding hydrogens is 210 g/mol. The van der Waals surface area contributed by atoms with Crippen LogP contribution in [-0.2, 0) is 6.54 Å². The smallest absolute Gasteiger partial charge is 0.0602 e. The third kappa shape index (κ3) is 3.90. The Balaban J connectivity index is 2.88. The first-order valence-corrected chi connectivity index (χ1v) is 6.40. The molecule has 1 N–H and O–H groups in total. The van der Waals surface area contributed by atoms with E-state index in [1.165, 1.54) is 5.69 Å². The maximum Gasteiger partial charge on any atom is 0.0602 e. The van der Waals surface area contributed by atoms with Crippen molar-refractivity contribution < 1.29 is 0 Å². The van der Waals surface area contributed by atoms with Crippen LogP contribution >= 0.6 is 0 Å². The van der Waals surface area contributed by atoms with Crippen LogP contribution in [0.3, 0.4) is 0 Å². The molecule has 17 heavy (non-hydrogen) atoms. The van der Waals surface area contributed by atoms with Crippen LogP contribution in [0.1, 0.15) is 51.0 Å². The number of hydrogen-bond donors (Lipinski definition) is 1. The van der Waals surface area contributed by atoms with E-state index in [4.69, 9.17) is 0 Å². The summed E-state index contributed by atoms with van der Waals surface area (Å²) in [5.41, 5.74) is 2.33. The van der Waals surface area contributed by atoms with Gasteiger partial charge < -0.3 is 5.32 Å². The lowest BCUT2D eigenvalue weighted by Gasteiger charge is -2.17. The number of nitrogens with one attached hydrogen (secondary N) is 1. The third-order valence-corrected chi connectivity index (χ3v) is 2.71. The lowest BCUT2D eigenvalue weighted by atomic mass is 10.1. The lowest BCUT2D eigenvalue weighted by molar-refractivity contribution is 0.488. The molecule has 1 aromatic heterocycles. The van der Waals surface area contributed by atoms with Gasteiger partial charge in [0.2, 0.25) is 0 Å². The van der Waals surface area contributed by atoms with E-state index >= 15 is 0 Å². The third-order valence-electron chi connectivity index (χ3n) is 2.71. The number of hydrogen-bond acceptors (Lipinski definition) is 2. The number of aryl methyl sites for hydroxylation is 2. The SMILES string of the molecule is CC#CCC(NCCC)c1cc(C)nn1CC. The molecule has 0 spiro atoms. The molecule has 0 aromatic carbocycles. The fraction of sp³-hybridized carbons (Fsp3) is 0.643. The second kappa shape index (κ2) is 7.13. The summed E-state index contributed by atoms with van der Waals surface area (Å²) < 4.78 is 2.07. The molecule has 94 valence electrons. The van der Waals surface area contributed by atoms with Crippen molar-refractivity contribution in [1.29, 1.82) is 0 Å². The van der Waals surface area contributed by atoms with Gasteiger partial charge in [-0.2, -0.15) is 5.10 Å². The highest BCUT2D eigenvalue weighted by atomic mass is 15.3. The Labute approximate surface area is 105 Å². The van der Waals surface area contributed by atoms with Crippen molar-refractivity contribution in [2.75, 3.05) is 6.54 Å². The standard InChI is InChI=1S/C14H23N3/c1-5-8-9-13(15-10-6-2)14-11-12(4)16-17(14)7-3/h11,13,15H,6-7,9-10H2,1-4H3. The minimum Gasteiger partial charge on any atom is -0.308 e. The summed E-state index contributed by atoms with van der Waals surface area (Å²) in [7, 11) is 0. The van der Waals surface area contributed by atoms with Crippen LogP contribution in [0.5, 0.6) is 0 Å². The summed E-state index contributed by atoms with van der Waals surface area (Å²) in [6.45, 7) is 10.2. The molecule has 1 heterocycles. The molecule has 0 saturated carbocycles. The van der Waals surface area contributed by atoms with Crippen LogP contribution in [0.4, 0.5) is 0 Å². The van der Waals surface area contributed by atoms with Gasteiger partial charge in [0, 0.05) is 13.0 Å². The van der Waals surface area contributed by atoms with Crippen LogP contribution in [0.25, 0.3) is 0 Å². The molecule has 0 aliphatic heterocycles. The molecule has 0 amide bonds. The topological polar surface area (TPSA) is 29.9 Å². The Morgan fingerprint density at radius 1 is 1.47 bits per heavy atom. The average Bonchev–Trinajstić information content (AvgIpc) is 2.70. The molecule has 3 heteroatoms. The fourth-order valence-corrected chi connectivity index (χ4v) is 1.90. The summed E-state index contributed by atoms with van der Waals surface area (Å²) >= 11 is 0. The second-order valence-electron chi connectivity index (χ2n) is 4.16. The molecule has 1 aromatic rings. The molecular formula is C14H23N3. The van der Waals surface area contributed by atoms with Crippen LogP contribution in [0, 0.1) is 18.8 Å². The minimum atomic E-state index is 0.295. The first-order valence-electron chi connectivity index (χ1n) is 6.40. The predicted molar refractivity (Wildman–Crippen MR) is 71.7 cm³/mol. The fourth-order valence-electron chi connectivity index (χ4n) is 1.90. The van der Waals surface area contributed by atoms with Gasteiger partial charge in [0.05, 0.1) is 17.4 Å². The zero-order valence-electron chi connectivity index (χ0n) is 11.4. The Morgan fingerprint density at radius 2 is 2.24 bits per heavy atom. The molecule has 0 saturated heterocycles. The zero-order valence-corrected chi connectivity index (χ0v) is 11.4. The number of nitrogens with zero attached hydrogens (tertiary/aromatic N) is 2. The molecule has 0 aliphatic carbocycles. The number of aromatic nitrogens is 2.